The van der Waals surface area contributed by atoms with Gasteiger partial charge in [-0.3, -0.25) is 14.1 Å². The molecule has 2 aliphatic heterocycles. The van der Waals surface area contributed by atoms with Gasteiger partial charge in [-0.1, -0.05) is 48.5 Å². The van der Waals surface area contributed by atoms with Gasteiger partial charge in [-0.15, -0.1) is 10.2 Å². The molecule has 2 aliphatic rings. The molecule has 41 heavy (non-hydrogen) atoms. The molecule has 1 saturated heterocycles. The lowest BCUT2D eigenvalue weighted by Gasteiger charge is -2.21. The SMILES string of the molecule is Cc1c(-c2ccc3c(c2)OCCO3)cccc1-c1ccn2c(-c3ccc(CN4CCC[C@@H]4C(=O)O)cc3)nnc2c1. The van der Waals surface area contributed by atoms with Crippen molar-refractivity contribution in [2.24, 2.45) is 0 Å². The highest BCUT2D eigenvalue weighted by molar-refractivity contribution is 5.80. The Balaban J connectivity index is 1.15. The second kappa shape index (κ2) is 10.4. The highest BCUT2D eigenvalue weighted by Gasteiger charge is 2.30. The Morgan fingerprint density at radius 2 is 1.63 bits per heavy atom. The van der Waals surface area contributed by atoms with Gasteiger partial charge in [0.15, 0.2) is 23.0 Å². The Hall–Kier alpha value is -4.69. The third kappa shape index (κ3) is 4.70. The molecule has 0 aliphatic carbocycles. The minimum absolute atomic E-state index is 0.393. The standard InChI is InChI=1S/C33H30N4O4/c1-21-26(24-11-12-29-30(18-24)41-17-16-40-29)4-2-5-27(21)25-13-15-37-31(19-25)34-35-32(37)23-9-7-22(8-10-23)20-36-14-3-6-28(36)33(38)39/h2,4-5,7-13,15,18-19,28H,3,6,14,16-17,20H2,1H3,(H,38,39)/t28-/m1/s1. The minimum atomic E-state index is -0.737. The summed E-state index contributed by atoms with van der Waals surface area (Å²) >= 11 is 0. The van der Waals surface area contributed by atoms with Crippen LogP contribution in [0.4, 0.5) is 0 Å². The molecule has 0 radical (unpaired) electrons. The molecule has 1 N–H and O–H groups in total. The smallest absolute Gasteiger partial charge is 0.320 e. The van der Waals surface area contributed by atoms with Gasteiger partial charge in [-0.25, -0.2) is 0 Å². The number of carboxylic acid groups (broad SMARTS) is 1. The van der Waals surface area contributed by atoms with E-state index in [9.17, 15) is 9.90 Å². The minimum Gasteiger partial charge on any atom is -0.486 e. The van der Waals surface area contributed by atoms with Crippen LogP contribution >= 0.6 is 0 Å². The summed E-state index contributed by atoms with van der Waals surface area (Å²) in [6.07, 6.45) is 3.65. The molecule has 2 aromatic heterocycles. The van der Waals surface area contributed by atoms with E-state index in [0.717, 1.165) is 69.3 Å². The fourth-order valence-electron chi connectivity index (χ4n) is 6.02. The van der Waals surface area contributed by atoms with E-state index in [0.29, 0.717) is 26.2 Å². The number of carboxylic acids is 1. The Bertz CT molecular complexity index is 1760. The van der Waals surface area contributed by atoms with Crippen LogP contribution in [0.1, 0.15) is 24.0 Å². The van der Waals surface area contributed by atoms with Crippen molar-refractivity contribution in [1.82, 2.24) is 19.5 Å². The van der Waals surface area contributed by atoms with Crippen LogP contribution in [0.25, 0.3) is 39.3 Å². The van der Waals surface area contributed by atoms with E-state index in [4.69, 9.17) is 9.47 Å². The van der Waals surface area contributed by atoms with Gasteiger partial charge in [0, 0.05) is 18.3 Å². The maximum absolute atomic E-state index is 11.5. The van der Waals surface area contributed by atoms with Gasteiger partial charge in [0.2, 0.25) is 0 Å². The van der Waals surface area contributed by atoms with Crippen molar-refractivity contribution in [2.75, 3.05) is 19.8 Å². The van der Waals surface area contributed by atoms with Crippen LogP contribution in [0.3, 0.4) is 0 Å². The summed E-state index contributed by atoms with van der Waals surface area (Å²) in [5, 5.41) is 18.5. The maximum atomic E-state index is 11.5. The molecule has 8 nitrogen and oxygen atoms in total. The Morgan fingerprint density at radius 1 is 0.902 bits per heavy atom. The number of hydrogen-bond donors (Lipinski definition) is 1. The first-order valence-corrected chi connectivity index (χ1v) is 14.0. The number of hydrogen-bond acceptors (Lipinski definition) is 6. The molecule has 3 aromatic carbocycles. The van der Waals surface area contributed by atoms with Crippen molar-refractivity contribution < 1.29 is 19.4 Å². The number of benzene rings is 3. The number of carbonyl (C=O) groups is 1. The van der Waals surface area contributed by atoms with Crippen molar-refractivity contribution in [3.05, 3.63) is 90.1 Å². The third-order valence-electron chi connectivity index (χ3n) is 8.15. The summed E-state index contributed by atoms with van der Waals surface area (Å²) in [5.41, 5.74) is 8.43. The van der Waals surface area contributed by atoms with Crippen molar-refractivity contribution in [1.29, 1.82) is 0 Å². The zero-order valence-corrected chi connectivity index (χ0v) is 22.8. The number of likely N-dealkylation sites (tertiary alicyclic amines) is 1. The van der Waals surface area contributed by atoms with E-state index in [2.05, 4.69) is 71.7 Å². The number of aromatic nitrogens is 3. The molecule has 5 aromatic rings. The highest BCUT2D eigenvalue weighted by atomic mass is 16.6. The molecule has 1 atom stereocenters. The molecular formula is C33H30N4O4. The van der Waals surface area contributed by atoms with E-state index >= 15 is 0 Å². The summed E-state index contributed by atoms with van der Waals surface area (Å²) < 4.78 is 13.5. The Kier molecular flexibility index (Phi) is 6.40. The lowest BCUT2D eigenvalue weighted by atomic mass is 9.93. The van der Waals surface area contributed by atoms with E-state index in [-0.39, 0.29) is 0 Å². The summed E-state index contributed by atoms with van der Waals surface area (Å²) in [6, 6.07) is 24.4. The van der Waals surface area contributed by atoms with Crippen molar-refractivity contribution >= 4 is 11.6 Å². The van der Waals surface area contributed by atoms with Crippen LogP contribution in [-0.4, -0.2) is 56.4 Å². The Morgan fingerprint density at radius 3 is 2.41 bits per heavy atom. The quantitative estimate of drug-likeness (QED) is 0.285. The molecule has 4 heterocycles. The van der Waals surface area contributed by atoms with Crippen LogP contribution in [0.2, 0.25) is 0 Å². The van der Waals surface area contributed by atoms with E-state index < -0.39 is 12.0 Å². The fraction of sp³-hybridized carbons (Fsp3) is 0.242. The molecule has 7 rings (SSSR count). The first-order chi connectivity index (χ1) is 20.0. The number of nitrogens with zero attached hydrogens (tertiary/aromatic N) is 4. The zero-order chi connectivity index (χ0) is 27.9. The van der Waals surface area contributed by atoms with Crippen LogP contribution < -0.4 is 9.47 Å². The number of ether oxygens (including phenoxy) is 2. The second-order valence-electron chi connectivity index (χ2n) is 10.7. The average Bonchev–Trinajstić information content (AvgIpc) is 3.64. The normalized spacial score (nSPS) is 16.8. The number of aliphatic carboxylic acids is 1. The van der Waals surface area contributed by atoms with E-state index in [1.54, 1.807) is 0 Å². The molecule has 1 fully saturated rings. The molecule has 206 valence electrons. The summed E-state index contributed by atoms with van der Waals surface area (Å²) in [4.78, 5) is 13.6. The van der Waals surface area contributed by atoms with Crippen LogP contribution in [0.15, 0.2) is 79.0 Å². The number of fused-ring (bicyclic) bond motifs is 2. The van der Waals surface area contributed by atoms with Gasteiger partial charge in [0.05, 0.1) is 0 Å². The zero-order valence-electron chi connectivity index (χ0n) is 22.8. The monoisotopic (exact) mass is 546 g/mol. The summed E-state index contributed by atoms with van der Waals surface area (Å²) in [6.45, 7) is 4.72. The van der Waals surface area contributed by atoms with Crippen molar-refractivity contribution in [2.45, 2.75) is 32.4 Å². The topological polar surface area (TPSA) is 89.2 Å². The summed E-state index contributed by atoms with van der Waals surface area (Å²) in [5.74, 6) is 1.60. The molecular weight excluding hydrogens is 516 g/mol. The van der Waals surface area contributed by atoms with Crippen molar-refractivity contribution in [3.8, 4) is 45.1 Å². The lowest BCUT2D eigenvalue weighted by molar-refractivity contribution is -0.142. The largest absolute Gasteiger partial charge is 0.486 e. The fourth-order valence-corrected chi connectivity index (χ4v) is 6.02. The van der Waals surface area contributed by atoms with Gasteiger partial charge in [-0.2, -0.15) is 0 Å². The third-order valence-corrected chi connectivity index (χ3v) is 8.15. The molecule has 8 heteroatoms. The van der Waals surface area contributed by atoms with E-state index in [1.807, 2.05) is 33.7 Å². The number of rotatable bonds is 6. The maximum Gasteiger partial charge on any atom is 0.320 e. The molecule has 0 spiro atoms. The lowest BCUT2D eigenvalue weighted by Crippen LogP contribution is -2.35. The van der Waals surface area contributed by atoms with Crippen LogP contribution in [0, 0.1) is 6.92 Å². The van der Waals surface area contributed by atoms with Gasteiger partial charge in [-0.05, 0) is 84.0 Å². The molecule has 0 bridgehead atoms. The van der Waals surface area contributed by atoms with E-state index in [1.165, 1.54) is 5.56 Å². The first kappa shape index (κ1) is 25.3. The molecule has 0 saturated carbocycles. The van der Waals surface area contributed by atoms with Gasteiger partial charge in [0.25, 0.3) is 0 Å². The highest BCUT2D eigenvalue weighted by Crippen LogP contribution is 2.38. The first-order valence-electron chi connectivity index (χ1n) is 14.0. The average molecular weight is 547 g/mol. The van der Waals surface area contributed by atoms with Crippen molar-refractivity contribution in [3.63, 3.8) is 0 Å². The molecule has 0 unspecified atom stereocenters. The predicted molar refractivity (Wildman–Crippen MR) is 156 cm³/mol. The van der Waals surface area contributed by atoms with Gasteiger partial charge < -0.3 is 14.6 Å². The summed E-state index contributed by atoms with van der Waals surface area (Å²) in [7, 11) is 0. The van der Waals surface area contributed by atoms with Crippen LogP contribution in [0.5, 0.6) is 11.5 Å². The van der Waals surface area contributed by atoms with Crippen LogP contribution in [-0.2, 0) is 11.3 Å². The molecule has 0 amide bonds. The Labute approximate surface area is 237 Å². The van der Waals surface area contributed by atoms with Gasteiger partial charge in [0.1, 0.15) is 19.3 Å². The number of pyridine rings is 1. The predicted octanol–water partition coefficient (Wildman–Crippen LogP) is 5.86. The second-order valence-corrected chi connectivity index (χ2v) is 10.7. The van der Waals surface area contributed by atoms with Gasteiger partial charge >= 0.3 is 5.97 Å².